The number of rotatable bonds is 7. The van der Waals surface area contributed by atoms with Gasteiger partial charge in [0.15, 0.2) is 0 Å². The van der Waals surface area contributed by atoms with E-state index in [0.717, 1.165) is 65.7 Å². The zero-order chi connectivity index (χ0) is 21.1. The number of benzene rings is 1. The number of likely N-dealkylation sites (tertiary alicyclic amines) is 1. The predicted molar refractivity (Wildman–Crippen MR) is 123 cm³/mol. The second-order valence-corrected chi connectivity index (χ2v) is 11.5. The monoisotopic (exact) mass is 449 g/mol. The molecule has 2 aromatic rings. The number of fused-ring (bicyclic) bond motifs is 1. The van der Waals surface area contributed by atoms with Gasteiger partial charge in [0.05, 0.1) is 10.6 Å². The summed E-state index contributed by atoms with van der Waals surface area (Å²) in [6, 6.07) is 8.21. The molecule has 164 valence electrons. The summed E-state index contributed by atoms with van der Waals surface area (Å²) in [7, 11) is -1.28. The summed E-state index contributed by atoms with van der Waals surface area (Å²) in [6.45, 7) is 2.10. The smallest absolute Gasteiger partial charge is 0.261 e. The normalized spacial score (nSPS) is 21.3. The van der Waals surface area contributed by atoms with Crippen LogP contribution in [0.15, 0.2) is 24.3 Å². The van der Waals surface area contributed by atoms with E-state index in [9.17, 15) is 13.2 Å². The lowest BCUT2D eigenvalue weighted by Gasteiger charge is -2.22. The lowest BCUT2D eigenvalue weighted by molar-refractivity contribution is 0.0959. The number of hydrogen-bond donors (Lipinski definition) is 2. The van der Waals surface area contributed by atoms with Crippen LogP contribution in [0.2, 0.25) is 0 Å². The molecule has 1 unspecified atom stereocenters. The van der Waals surface area contributed by atoms with Crippen molar-refractivity contribution in [2.75, 3.05) is 32.4 Å². The first-order chi connectivity index (χ1) is 14.4. The van der Waals surface area contributed by atoms with Crippen LogP contribution < -0.4 is 10.0 Å². The van der Waals surface area contributed by atoms with Crippen LogP contribution in [0.4, 0.5) is 0 Å². The highest BCUT2D eigenvalue weighted by atomic mass is 32.2. The average molecular weight is 450 g/mol. The molecule has 1 aliphatic carbocycles. The van der Waals surface area contributed by atoms with E-state index in [4.69, 9.17) is 0 Å². The van der Waals surface area contributed by atoms with Gasteiger partial charge >= 0.3 is 0 Å². The Kier molecular flexibility index (Phi) is 6.77. The van der Waals surface area contributed by atoms with E-state index in [2.05, 4.69) is 34.1 Å². The fourth-order valence-electron chi connectivity index (χ4n) is 4.72. The fraction of sp³-hybridized carbons (Fsp3) is 0.591. The van der Waals surface area contributed by atoms with Crippen molar-refractivity contribution in [2.45, 2.75) is 50.5 Å². The molecule has 0 spiro atoms. The summed E-state index contributed by atoms with van der Waals surface area (Å²) in [5.74, 6) is 0.0963. The minimum absolute atomic E-state index is 0.0491. The maximum Gasteiger partial charge on any atom is 0.261 e. The van der Waals surface area contributed by atoms with Crippen LogP contribution in [0.25, 0.3) is 10.1 Å². The zero-order valence-corrected chi connectivity index (χ0v) is 19.2. The Morgan fingerprint density at radius 2 is 1.93 bits per heavy atom. The molecule has 1 saturated carbocycles. The van der Waals surface area contributed by atoms with E-state index < -0.39 is 10.0 Å². The van der Waals surface area contributed by atoms with Crippen molar-refractivity contribution in [2.24, 2.45) is 0 Å². The third-order valence-corrected chi connectivity index (χ3v) is 8.87. The third kappa shape index (κ3) is 5.04. The maximum absolute atomic E-state index is 13.0. The van der Waals surface area contributed by atoms with Gasteiger partial charge in [0, 0.05) is 29.7 Å². The second kappa shape index (κ2) is 9.34. The Morgan fingerprint density at radius 1 is 1.17 bits per heavy atom. The summed E-state index contributed by atoms with van der Waals surface area (Å²) in [6.07, 6.45) is 6.20. The molecular weight excluding hydrogens is 418 g/mol. The van der Waals surface area contributed by atoms with E-state index in [1.165, 1.54) is 17.8 Å². The molecule has 1 aliphatic heterocycles. The number of carbonyl (C=O) groups excluding carboxylic acids is 1. The molecule has 1 aromatic heterocycles. The van der Waals surface area contributed by atoms with Crippen LogP contribution in [0, 0.1) is 0 Å². The van der Waals surface area contributed by atoms with E-state index >= 15 is 0 Å². The topological polar surface area (TPSA) is 78.5 Å². The predicted octanol–water partition coefficient (Wildman–Crippen LogP) is 3.30. The molecule has 0 bridgehead atoms. The standard InChI is InChI=1S/C22H31N3O3S2/c1-25-13-11-16(15-25)20-18-9-5-6-10-19(18)29-21(20)22(26)23-12-14-30(27,28)24-17-7-3-2-4-8-17/h5-6,9-10,16-17,24H,2-4,7-8,11-15H2,1H3,(H,23,26). The first-order valence-corrected chi connectivity index (χ1v) is 13.4. The molecule has 0 radical (unpaired) electrons. The quantitative estimate of drug-likeness (QED) is 0.680. The van der Waals surface area contributed by atoms with E-state index in [-0.39, 0.29) is 24.2 Å². The number of thiophene rings is 1. The molecule has 4 rings (SSSR count). The van der Waals surface area contributed by atoms with E-state index in [1.54, 1.807) is 0 Å². The third-order valence-electron chi connectivity index (χ3n) is 6.25. The highest BCUT2D eigenvalue weighted by Gasteiger charge is 2.29. The van der Waals surface area contributed by atoms with Gasteiger partial charge in [0.1, 0.15) is 0 Å². The van der Waals surface area contributed by atoms with Crippen molar-refractivity contribution >= 4 is 37.4 Å². The van der Waals surface area contributed by atoms with Crippen molar-refractivity contribution in [3.63, 3.8) is 0 Å². The molecular formula is C22H31N3O3S2. The van der Waals surface area contributed by atoms with Crippen LogP contribution in [0.5, 0.6) is 0 Å². The highest BCUT2D eigenvalue weighted by Crippen LogP contribution is 2.39. The number of nitrogens with zero attached hydrogens (tertiary/aromatic N) is 1. The van der Waals surface area contributed by atoms with Gasteiger partial charge in [0.25, 0.3) is 5.91 Å². The Balaban J connectivity index is 1.43. The summed E-state index contributed by atoms with van der Waals surface area (Å²) in [4.78, 5) is 16.0. The van der Waals surface area contributed by atoms with Gasteiger partial charge in [-0.05, 0) is 49.9 Å². The van der Waals surface area contributed by atoms with Crippen LogP contribution in [0.3, 0.4) is 0 Å². The van der Waals surface area contributed by atoms with Gasteiger partial charge < -0.3 is 10.2 Å². The van der Waals surface area contributed by atoms with E-state index in [1.807, 2.05) is 12.1 Å². The van der Waals surface area contributed by atoms with Gasteiger partial charge in [-0.25, -0.2) is 13.1 Å². The SMILES string of the molecule is CN1CCC(c2c(C(=O)NCCS(=O)(=O)NC3CCCCC3)sc3ccccc23)C1. The fourth-order valence-corrected chi connectivity index (χ4v) is 7.16. The summed E-state index contributed by atoms with van der Waals surface area (Å²) in [5, 5.41) is 4.02. The highest BCUT2D eigenvalue weighted by molar-refractivity contribution is 7.89. The summed E-state index contributed by atoms with van der Waals surface area (Å²) < 4.78 is 28.7. The molecule has 6 nitrogen and oxygen atoms in total. The number of hydrogen-bond acceptors (Lipinski definition) is 5. The minimum Gasteiger partial charge on any atom is -0.350 e. The summed E-state index contributed by atoms with van der Waals surface area (Å²) >= 11 is 1.51. The lowest BCUT2D eigenvalue weighted by Crippen LogP contribution is -2.40. The maximum atomic E-state index is 13.0. The van der Waals surface area contributed by atoms with Gasteiger partial charge in [-0.1, -0.05) is 37.5 Å². The number of carbonyl (C=O) groups is 1. The Morgan fingerprint density at radius 3 is 2.67 bits per heavy atom. The Bertz CT molecular complexity index is 996. The molecule has 1 atom stereocenters. The van der Waals surface area contributed by atoms with Gasteiger partial charge in [-0.2, -0.15) is 0 Å². The number of amides is 1. The molecule has 2 N–H and O–H groups in total. The number of sulfonamides is 1. The summed E-state index contributed by atoms with van der Waals surface area (Å²) in [5.41, 5.74) is 1.13. The molecule has 30 heavy (non-hydrogen) atoms. The Hall–Kier alpha value is -1.48. The van der Waals surface area contributed by atoms with Gasteiger partial charge in [-0.3, -0.25) is 4.79 Å². The average Bonchev–Trinajstić information content (AvgIpc) is 3.31. The van der Waals surface area contributed by atoms with Crippen LogP contribution >= 0.6 is 11.3 Å². The molecule has 2 aliphatic rings. The molecule has 8 heteroatoms. The van der Waals surface area contributed by atoms with Crippen molar-refractivity contribution in [3.05, 3.63) is 34.7 Å². The minimum atomic E-state index is -3.38. The first-order valence-electron chi connectivity index (χ1n) is 10.9. The van der Waals surface area contributed by atoms with Crippen molar-refractivity contribution in [1.82, 2.24) is 14.9 Å². The van der Waals surface area contributed by atoms with Crippen LogP contribution in [0.1, 0.15) is 59.7 Å². The molecule has 2 heterocycles. The van der Waals surface area contributed by atoms with Gasteiger partial charge in [-0.15, -0.1) is 11.3 Å². The number of likely N-dealkylation sites (N-methyl/N-ethyl adjacent to an activating group) is 1. The van der Waals surface area contributed by atoms with Crippen LogP contribution in [-0.2, 0) is 10.0 Å². The van der Waals surface area contributed by atoms with Crippen molar-refractivity contribution in [1.29, 1.82) is 0 Å². The van der Waals surface area contributed by atoms with Gasteiger partial charge in [0.2, 0.25) is 10.0 Å². The van der Waals surface area contributed by atoms with E-state index in [0.29, 0.717) is 5.92 Å². The van der Waals surface area contributed by atoms with Crippen LogP contribution in [-0.4, -0.2) is 57.7 Å². The first kappa shape index (κ1) is 21.7. The van der Waals surface area contributed by atoms with Crippen molar-refractivity contribution in [3.8, 4) is 0 Å². The largest absolute Gasteiger partial charge is 0.350 e. The lowest BCUT2D eigenvalue weighted by atomic mass is 9.95. The molecule has 1 aromatic carbocycles. The molecule has 1 amide bonds. The molecule has 1 saturated heterocycles. The Labute approximate surface area is 183 Å². The zero-order valence-electron chi connectivity index (χ0n) is 17.5. The second-order valence-electron chi connectivity index (χ2n) is 8.62. The molecule has 2 fully saturated rings. The number of nitrogens with one attached hydrogen (secondary N) is 2. The van der Waals surface area contributed by atoms with Crippen molar-refractivity contribution < 1.29 is 13.2 Å².